The molecular formula is C21H30O4. The van der Waals surface area contributed by atoms with Gasteiger partial charge in [0.1, 0.15) is 5.78 Å². The van der Waals surface area contributed by atoms with Crippen molar-refractivity contribution in [3.8, 4) is 0 Å². The van der Waals surface area contributed by atoms with Crippen LogP contribution in [0.1, 0.15) is 65.7 Å². The van der Waals surface area contributed by atoms with Crippen molar-refractivity contribution in [2.24, 2.45) is 28.6 Å². The van der Waals surface area contributed by atoms with E-state index in [1.165, 1.54) is 5.57 Å². The van der Waals surface area contributed by atoms with E-state index in [2.05, 4.69) is 6.92 Å². The van der Waals surface area contributed by atoms with Gasteiger partial charge in [-0.25, -0.2) is 0 Å². The largest absolute Gasteiger partial charge is 0.390 e. The normalized spacial score (nSPS) is 50.6. The number of Topliss-reactive ketones (excluding diaryl/α,β-unsaturated/α-hetero) is 1. The second-order valence-electron chi connectivity index (χ2n) is 9.54. The Kier molecular flexibility index (Phi) is 3.66. The Morgan fingerprint density at radius 2 is 1.88 bits per heavy atom. The number of allylic oxidation sites excluding steroid dienone is 1. The maximum atomic E-state index is 13.3. The third-order valence-electron chi connectivity index (χ3n) is 8.56. The average molecular weight is 346 g/mol. The van der Waals surface area contributed by atoms with Crippen LogP contribution in [0, 0.1) is 28.6 Å². The summed E-state index contributed by atoms with van der Waals surface area (Å²) in [5, 5.41) is 21.5. The molecule has 0 aromatic carbocycles. The first-order chi connectivity index (χ1) is 11.6. The van der Waals surface area contributed by atoms with Gasteiger partial charge in [-0.05, 0) is 62.4 Å². The van der Waals surface area contributed by atoms with Crippen molar-refractivity contribution < 1.29 is 19.8 Å². The topological polar surface area (TPSA) is 74.6 Å². The first kappa shape index (κ1) is 17.4. The first-order valence-electron chi connectivity index (χ1n) is 9.80. The van der Waals surface area contributed by atoms with E-state index < -0.39 is 17.1 Å². The summed E-state index contributed by atoms with van der Waals surface area (Å²) in [6.07, 6.45) is 5.88. The average Bonchev–Trinajstić information content (AvgIpc) is 2.80. The highest BCUT2D eigenvalue weighted by atomic mass is 16.3. The zero-order valence-corrected chi connectivity index (χ0v) is 15.5. The molecule has 4 nitrogen and oxygen atoms in total. The van der Waals surface area contributed by atoms with Gasteiger partial charge in [0.05, 0.1) is 11.7 Å². The molecule has 3 fully saturated rings. The maximum absolute atomic E-state index is 13.3. The summed E-state index contributed by atoms with van der Waals surface area (Å²) in [5.41, 5.74) is -0.731. The number of carbonyl (C=O) groups is 2. The molecule has 4 heteroatoms. The number of hydrogen-bond acceptors (Lipinski definition) is 4. The summed E-state index contributed by atoms with van der Waals surface area (Å²) in [5.74, 6) is 0.922. The lowest BCUT2D eigenvalue weighted by molar-refractivity contribution is -0.179. The molecule has 2 N–H and O–H groups in total. The number of carbonyl (C=O) groups excluding carboxylic acids is 2. The van der Waals surface area contributed by atoms with Crippen LogP contribution in [0.15, 0.2) is 11.6 Å². The predicted molar refractivity (Wildman–Crippen MR) is 93.7 cm³/mol. The monoisotopic (exact) mass is 346 g/mol. The third-order valence-corrected chi connectivity index (χ3v) is 8.56. The van der Waals surface area contributed by atoms with Crippen molar-refractivity contribution in [2.75, 3.05) is 0 Å². The number of aliphatic hydroxyl groups excluding tert-OH is 1. The van der Waals surface area contributed by atoms with E-state index in [-0.39, 0.29) is 34.7 Å². The maximum Gasteiger partial charge on any atom is 0.155 e. The Balaban J connectivity index is 1.75. The Bertz CT molecular complexity index is 665. The fourth-order valence-electron chi connectivity index (χ4n) is 7.11. The third kappa shape index (κ3) is 2.07. The van der Waals surface area contributed by atoms with Gasteiger partial charge in [0.2, 0.25) is 0 Å². The molecular weight excluding hydrogens is 316 g/mol. The molecule has 0 amide bonds. The van der Waals surface area contributed by atoms with Gasteiger partial charge in [0, 0.05) is 24.2 Å². The quantitative estimate of drug-likeness (QED) is 0.766. The standard InChI is InChI=1S/C21H30O4/c1-12(22)21(25)9-7-16-15-5-4-13-10-14(23)6-8-19(13,2)18(15)17(24)11-20(16,21)3/h10,12,15-16,18,22,25H,4-9,11H2,1-3H3. The minimum Gasteiger partial charge on any atom is -0.390 e. The number of ketones is 2. The first-order valence-corrected chi connectivity index (χ1v) is 9.80. The van der Waals surface area contributed by atoms with Crippen molar-refractivity contribution in [3.63, 3.8) is 0 Å². The molecule has 0 aliphatic heterocycles. The predicted octanol–water partition coefficient (Wildman–Crippen LogP) is 2.81. The van der Waals surface area contributed by atoms with E-state index in [0.717, 1.165) is 25.7 Å². The van der Waals surface area contributed by atoms with Crippen LogP contribution in [0.2, 0.25) is 0 Å². The summed E-state index contributed by atoms with van der Waals surface area (Å²) in [6, 6.07) is 0. The van der Waals surface area contributed by atoms with Gasteiger partial charge in [0.15, 0.2) is 5.78 Å². The SMILES string of the molecule is CC(O)C1(O)CCC2C3CCC4=CC(=O)CCC4(C)C3C(=O)CC21C. The van der Waals surface area contributed by atoms with Crippen molar-refractivity contribution in [3.05, 3.63) is 11.6 Å². The minimum absolute atomic E-state index is 0.0324. The van der Waals surface area contributed by atoms with Crippen molar-refractivity contribution in [1.29, 1.82) is 0 Å². The minimum atomic E-state index is -1.17. The summed E-state index contributed by atoms with van der Waals surface area (Å²) in [4.78, 5) is 25.2. The molecule has 7 unspecified atom stereocenters. The van der Waals surface area contributed by atoms with Gasteiger partial charge < -0.3 is 10.2 Å². The highest BCUT2D eigenvalue weighted by molar-refractivity contribution is 5.93. The molecule has 0 heterocycles. The van der Waals surface area contributed by atoms with E-state index in [9.17, 15) is 19.8 Å². The van der Waals surface area contributed by atoms with Crippen molar-refractivity contribution >= 4 is 11.6 Å². The van der Waals surface area contributed by atoms with Crippen LogP contribution in [-0.4, -0.2) is 33.5 Å². The number of aliphatic hydroxyl groups is 2. The molecule has 0 aromatic heterocycles. The zero-order chi connectivity index (χ0) is 18.2. The van der Waals surface area contributed by atoms with Crippen LogP contribution >= 0.6 is 0 Å². The fourth-order valence-corrected chi connectivity index (χ4v) is 7.11. The van der Waals surface area contributed by atoms with Gasteiger partial charge in [-0.15, -0.1) is 0 Å². The molecule has 4 rings (SSSR count). The van der Waals surface area contributed by atoms with Crippen LogP contribution in [-0.2, 0) is 9.59 Å². The lowest BCUT2D eigenvalue weighted by Crippen LogP contribution is -2.61. The van der Waals surface area contributed by atoms with E-state index in [1.54, 1.807) is 6.92 Å². The molecule has 0 spiro atoms. The zero-order valence-electron chi connectivity index (χ0n) is 15.5. The van der Waals surface area contributed by atoms with Gasteiger partial charge in [0.25, 0.3) is 0 Å². The summed E-state index contributed by atoms with van der Waals surface area (Å²) in [7, 11) is 0. The molecule has 4 aliphatic rings. The van der Waals surface area contributed by atoms with Gasteiger partial charge >= 0.3 is 0 Å². The number of hydrogen-bond donors (Lipinski definition) is 2. The fraction of sp³-hybridized carbons (Fsp3) is 0.810. The molecule has 0 saturated heterocycles. The van der Waals surface area contributed by atoms with Gasteiger partial charge in [-0.2, -0.15) is 0 Å². The molecule has 0 radical (unpaired) electrons. The lowest BCUT2D eigenvalue weighted by atomic mass is 9.46. The van der Waals surface area contributed by atoms with Crippen molar-refractivity contribution in [1.82, 2.24) is 0 Å². The van der Waals surface area contributed by atoms with E-state index in [1.807, 2.05) is 13.0 Å². The Morgan fingerprint density at radius 1 is 1.16 bits per heavy atom. The molecule has 25 heavy (non-hydrogen) atoms. The Labute approximate surface area is 149 Å². The molecule has 3 saturated carbocycles. The van der Waals surface area contributed by atoms with E-state index in [4.69, 9.17) is 0 Å². The van der Waals surface area contributed by atoms with E-state index >= 15 is 0 Å². The second kappa shape index (κ2) is 5.26. The Hall–Kier alpha value is -1.00. The second-order valence-corrected chi connectivity index (χ2v) is 9.54. The van der Waals surface area contributed by atoms with Crippen LogP contribution in [0.3, 0.4) is 0 Å². The van der Waals surface area contributed by atoms with Crippen LogP contribution in [0.5, 0.6) is 0 Å². The molecule has 7 atom stereocenters. The highest BCUT2D eigenvalue weighted by Crippen LogP contribution is 2.66. The molecule has 4 aliphatic carbocycles. The summed E-state index contributed by atoms with van der Waals surface area (Å²) >= 11 is 0. The Morgan fingerprint density at radius 3 is 2.56 bits per heavy atom. The van der Waals surface area contributed by atoms with Crippen LogP contribution in [0.4, 0.5) is 0 Å². The number of fused-ring (bicyclic) bond motifs is 5. The highest BCUT2D eigenvalue weighted by Gasteiger charge is 2.67. The molecule has 0 aromatic rings. The number of rotatable bonds is 1. The van der Waals surface area contributed by atoms with Crippen LogP contribution < -0.4 is 0 Å². The molecule has 138 valence electrons. The van der Waals surface area contributed by atoms with Gasteiger partial charge in [-0.1, -0.05) is 19.4 Å². The van der Waals surface area contributed by atoms with Gasteiger partial charge in [-0.3, -0.25) is 9.59 Å². The smallest absolute Gasteiger partial charge is 0.155 e. The van der Waals surface area contributed by atoms with Crippen LogP contribution in [0.25, 0.3) is 0 Å². The van der Waals surface area contributed by atoms with Crippen molar-refractivity contribution in [2.45, 2.75) is 77.4 Å². The summed E-state index contributed by atoms with van der Waals surface area (Å²) < 4.78 is 0. The summed E-state index contributed by atoms with van der Waals surface area (Å²) in [6.45, 7) is 5.85. The molecule has 0 bridgehead atoms. The lowest BCUT2D eigenvalue weighted by Gasteiger charge is -2.58. The van der Waals surface area contributed by atoms with E-state index in [0.29, 0.717) is 19.3 Å².